The number of hydrogen-bond acceptors (Lipinski definition) is 7. The second-order valence-corrected chi connectivity index (χ2v) is 6.30. The van der Waals surface area contributed by atoms with Gasteiger partial charge in [-0.05, 0) is 32.0 Å². The number of rotatable bonds is 3. The molecule has 26 heavy (non-hydrogen) atoms. The molecule has 0 radical (unpaired) electrons. The first-order valence-electron chi connectivity index (χ1n) is 8.24. The normalized spacial score (nSPS) is 27.0. The molecule has 2 heterocycles. The maximum atomic E-state index is 12.3. The van der Waals surface area contributed by atoms with Crippen molar-refractivity contribution in [2.45, 2.75) is 37.5 Å². The number of fused-ring (bicyclic) bond motifs is 2. The molecule has 0 spiro atoms. The lowest BCUT2D eigenvalue weighted by atomic mass is 9.87. The van der Waals surface area contributed by atoms with Gasteiger partial charge in [0.05, 0.1) is 12.7 Å². The van der Waals surface area contributed by atoms with Crippen LogP contribution in [-0.4, -0.2) is 59.5 Å². The third kappa shape index (κ3) is 4.48. The van der Waals surface area contributed by atoms with Gasteiger partial charge >= 0.3 is 11.9 Å². The third-order valence-electron chi connectivity index (χ3n) is 4.96. The molecule has 1 aromatic rings. The third-order valence-corrected chi connectivity index (χ3v) is 4.96. The molecule has 2 bridgehead atoms. The van der Waals surface area contributed by atoms with Crippen LogP contribution in [0.15, 0.2) is 30.3 Å². The minimum absolute atomic E-state index is 0.0970. The highest BCUT2D eigenvalue weighted by molar-refractivity contribution is 5.89. The Morgan fingerprint density at radius 3 is 2.46 bits per heavy atom. The van der Waals surface area contributed by atoms with Gasteiger partial charge < -0.3 is 14.7 Å². The smallest absolute Gasteiger partial charge is 0.338 e. The molecule has 2 fully saturated rings. The summed E-state index contributed by atoms with van der Waals surface area (Å²) in [5, 5.41) is 13.6. The molecule has 1 N–H and O–H groups in total. The van der Waals surface area contributed by atoms with E-state index in [-0.39, 0.29) is 18.0 Å². The first-order valence-corrected chi connectivity index (χ1v) is 8.24. The van der Waals surface area contributed by atoms with Crippen molar-refractivity contribution in [3.8, 4) is 0 Å². The van der Waals surface area contributed by atoms with Crippen molar-refractivity contribution in [3.63, 3.8) is 0 Å². The van der Waals surface area contributed by atoms with Crippen molar-refractivity contribution in [1.29, 1.82) is 0 Å². The zero-order valence-corrected chi connectivity index (χ0v) is 14.6. The Bertz CT molecular complexity index is 648. The molecule has 4 atom stereocenters. The van der Waals surface area contributed by atoms with E-state index in [0.717, 1.165) is 12.8 Å². The number of piperidine rings is 1. The molecule has 4 unspecified atom stereocenters. The van der Waals surface area contributed by atoms with E-state index in [4.69, 9.17) is 24.8 Å². The van der Waals surface area contributed by atoms with Crippen LogP contribution < -0.4 is 0 Å². The first-order chi connectivity index (χ1) is 12.3. The lowest BCUT2D eigenvalue weighted by Crippen LogP contribution is -2.53. The summed E-state index contributed by atoms with van der Waals surface area (Å²) >= 11 is 0. The Balaban J connectivity index is 0.000000552. The molecule has 0 saturated carbocycles. The Morgan fingerprint density at radius 1 is 1.27 bits per heavy atom. The van der Waals surface area contributed by atoms with E-state index in [1.54, 1.807) is 24.3 Å². The number of carbonyl (C=O) groups is 2. The maximum Gasteiger partial charge on any atom is 0.338 e. The molecule has 9 nitrogen and oxygen atoms in total. The monoisotopic (exact) mass is 366 g/mol. The van der Waals surface area contributed by atoms with Crippen molar-refractivity contribution < 1.29 is 29.4 Å². The molecule has 3 rings (SSSR count). The summed E-state index contributed by atoms with van der Waals surface area (Å²) in [5.74, 6) is -1.06. The van der Waals surface area contributed by atoms with Crippen LogP contribution in [0.2, 0.25) is 0 Å². The van der Waals surface area contributed by atoms with E-state index in [1.165, 1.54) is 7.11 Å². The Kier molecular flexibility index (Phi) is 6.51. The number of carbonyl (C=O) groups excluding carboxylic acids is 2. The lowest BCUT2D eigenvalue weighted by molar-refractivity contribution is -0.742. The SMILES string of the molecule is COC(=O)C1C(OC(=O)c2ccccc2)CC2CCC1N2C.O=[N+]([O-])O. The highest BCUT2D eigenvalue weighted by Gasteiger charge is 2.50. The summed E-state index contributed by atoms with van der Waals surface area (Å²) < 4.78 is 10.6. The van der Waals surface area contributed by atoms with Crippen molar-refractivity contribution in [3.05, 3.63) is 46.0 Å². The number of benzene rings is 1. The Morgan fingerprint density at radius 2 is 1.88 bits per heavy atom. The summed E-state index contributed by atoms with van der Waals surface area (Å²) in [6.07, 6.45) is 2.26. The second-order valence-electron chi connectivity index (χ2n) is 6.30. The van der Waals surface area contributed by atoms with Crippen LogP contribution in [0.5, 0.6) is 0 Å². The maximum absolute atomic E-state index is 12.3. The highest BCUT2D eigenvalue weighted by Crippen LogP contribution is 2.40. The van der Waals surface area contributed by atoms with E-state index in [2.05, 4.69) is 4.90 Å². The van der Waals surface area contributed by atoms with Gasteiger partial charge in [0.25, 0.3) is 5.09 Å². The van der Waals surface area contributed by atoms with E-state index < -0.39 is 17.1 Å². The average Bonchev–Trinajstić information content (AvgIpc) is 2.85. The largest absolute Gasteiger partial charge is 0.469 e. The number of nitrogens with zero attached hydrogens (tertiary/aromatic N) is 2. The summed E-state index contributed by atoms with van der Waals surface area (Å²) in [6, 6.07) is 9.36. The summed E-state index contributed by atoms with van der Waals surface area (Å²) in [5.41, 5.74) is 0.511. The summed E-state index contributed by atoms with van der Waals surface area (Å²) in [4.78, 5) is 35.1. The van der Waals surface area contributed by atoms with Crippen molar-refractivity contribution in [2.75, 3.05) is 14.2 Å². The van der Waals surface area contributed by atoms with Crippen LogP contribution in [0.4, 0.5) is 0 Å². The van der Waals surface area contributed by atoms with Crippen molar-refractivity contribution in [1.82, 2.24) is 4.90 Å². The Labute approximate surface area is 150 Å². The van der Waals surface area contributed by atoms with Crippen molar-refractivity contribution in [2.24, 2.45) is 5.92 Å². The number of ether oxygens (including phenoxy) is 2. The summed E-state index contributed by atoms with van der Waals surface area (Å²) in [6.45, 7) is 0. The van der Waals surface area contributed by atoms with E-state index in [1.807, 2.05) is 13.1 Å². The van der Waals surface area contributed by atoms with Crippen LogP contribution in [0, 0.1) is 16.0 Å². The molecule has 1 aromatic carbocycles. The van der Waals surface area contributed by atoms with Gasteiger partial charge in [-0.1, -0.05) is 18.2 Å². The quantitative estimate of drug-likeness (QED) is 0.486. The van der Waals surface area contributed by atoms with E-state index >= 15 is 0 Å². The van der Waals surface area contributed by atoms with Crippen LogP contribution in [0.3, 0.4) is 0 Å². The molecule has 2 aliphatic heterocycles. The molecule has 0 aliphatic carbocycles. The van der Waals surface area contributed by atoms with Gasteiger partial charge in [-0.15, -0.1) is 10.1 Å². The van der Waals surface area contributed by atoms with Crippen LogP contribution in [-0.2, 0) is 14.3 Å². The minimum Gasteiger partial charge on any atom is -0.469 e. The summed E-state index contributed by atoms with van der Waals surface area (Å²) in [7, 11) is 3.42. The van der Waals surface area contributed by atoms with Gasteiger partial charge in [-0.3, -0.25) is 9.69 Å². The van der Waals surface area contributed by atoms with Crippen molar-refractivity contribution >= 4 is 11.9 Å². The number of esters is 2. The predicted molar refractivity (Wildman–Crippen MR) is 89.1 cm³/mol. The molecule has 9 heteroatoms. The number of hydrogen-bond donors (Lipinski definition) is 1. The second kappa shape index (κ2) is 8.61. The van der Waals surface area contributed by atoms with Crippen LogP contribution in [0.25, 0.3) is 0 Å². The molecule has 0 amide bonds. The minimum atomic E-state index is -1.50. The standard InChI is InChI=1S/C17H21NO4.HNO3/c1-18-12-8-9-13(18)15(17(20)21-2)14(10-12)22-16(19)11-6-4-3-5-7-11;2-1(3)4/h3-7,12-15H,8-10H2,1-2H3;(H,2,3,4). The Hall–Kier alpha value is -2.68. The van der Waals surface area contributed by atoms with Gasteiger partial charge in [0.2, 0.25) is 0 Å². The zero-order chi connectivity index (χ0) is 19.3. The fraction of sp³-hybridized carbons (Fsp3) is 0.529. The van der Waals surface area contributed by atoms with Gasteiger partial charge in [0.15, 0.2) is 0 Å². The molecular formula is C17H22N2O7. The van der Waals surface area contributed by atoms with Gasteiger partial charge in [-0.25, -0.2) is 4.79 Å². The molecule has 142 valence electrons. The first kappa shape index (κ1) is 19.6. The molecule has 2 aliphatic rings. The van der Waals surface area contributed by atoms with E-state index in [9.17, 15) is 9.59 Å². The van der Waals surface area contributed by atoms with E-state index in [0.29, 0.717) is 18.0 Å². The number of methoxy groups -OCH3 is 1. The highest BCUT2D eigenvalue weighted by atomic mass is 16.9. The van der Waals surface area contributed by atoms with Gasteiger partial charge in [0.1, 0.15) is 12.0 Å². The van der Waals surface area contributed by atoms with Crippen LogP contribution >= 0.6 is 0 Å². The fourth-order valence-electron chi connectivity index (χ4n) is 3.77. The fourth-order valence-corrected chi connectivity index (χ4v) is 3.77. The molecular weight excluding hydrogens is 344 g/mol. The zero-order valence-electron chi connectivity index (χ0n) is 14.6. The molecule has 0 aromatic heterocycles. The average molecular weight is 366 g/mol. The molecule has 2 saturated heterocycles. The predicted octanol–water partition coefficient (Wildman–Crippen LogP) is 1.52. The van der Waals surface area contributed by atoms with Crippen LogP contribution in [0.1, 0.15) is 29.6 Å². The lowest BCUT2D eigenvalue weighted by Gasteiger charge is -2.40. The topological polar surface area (TPSA) is 119 Å². The van der Waals surface area contributed by atoms with Gasteiger partial charge in [0, 0.05) is 18.5 Å². The van der Waals surface area contributed by atoms with Gasteiger partial charge in [-0.2, -0.15) is 0 Å².